The van der Waals surface area contributed by atoms with Crippen LogP contribution >= 0.6 is 11.7 Å². The van der Waals surface area contributed by atoms with Crippen LogP contribution in [0.15, 0.2) is 42.2 Å². The van der Waals surface area contributed by atoms with Gasteiger partial charge >= 0.3 is 0 Å². The first-order valence-corrected chi connectivity index (χ1v) is 7.41. The molecule has 118 valence electrons. The second-order valence-corrected chi connectivity index (χ2v) is 5.28. The fraction of sp³-hybridized carbons (Fsp3) is 0.0714. The molecule has 23 heavy (non-hydrogen) atoms. The van der Waals surface area contributed by atoms with Crippen LogP contribution in [-0.4, -0.2) is 18.3 Å². The maximum Gasteiger partial charge on any atom is 0.168 e. The minimum absolute atomic E-state index is 0.233. The van der Waals surface area contributed by atoms with Gasteiger partial charge in [-0.15, -0.1) is 0 Å². The monoisotopic (exact) mass is 331 g/mol. The summed E-state index contributed by atoms with van der Waals surface area (Å²) in [5.41, 5.74) is 18.9. The molecule has 0 aliphatic carbocycles. The summed E-state index contributed by atoms with van der Waals surface area (Å²) in [7, 11) is 0. The van der Waals surface area contributed by atoms with Crippen molar-refractivity contribution < 1.29 is 4.39 Å². The Morgan fingerprint density at radius 2 is 2.17 bits per heavy atom. The normalized spacial score (nSPS) is 12.5. The Hall–Kier alpha value is -2.94. The van der Waals surface area contributed by atoms with E-state index in [1.165, 1.54) is 12.3 Å². The van der Waals surface area contributed by atoms with E-state index in [4.69, 9.17) is 17.2 Å². The first-order chi connectivity index (χ1) is 11.1. The van der Waals surface area contributed by atoms with Crippen molar-refractivity contribution >= 4 is 28.6 Å². The predicted octanol–water partition coefficient (Wildman–Crippen LogP) is 1.59. The number of fused-ring (bicyclic) bond motifs is 1. The number of halogens is 1. The molecule has 0 saturated heterocycles. The van der Waals surface area contributed by atoms with Crippen LogP contribution in [0.25, 0.3) is 22.6 Å². The lowest BCUT2D eigenvalue weighted by Crippen LogP contribution is -2.10. The Kier molecular flexibility index (Phi) is 3.94. The minimum Gasteiger partial charge on any atom is -0.405 e. The minimum atomic E-state index is -0.423. The highest BCUT2D eigenvalue weighted by atomic mass is 32.1. The second-order valence-electron chi connectivity index (χ2n) is 4.75. The van der Waals surface area contributed by atoms with Gasteiger partial charge in [0, 0.05) is 5.70 Å². The third kappa shape index (κ3) is 2.73. The Balaban J connectivity index is 2.21. The Morgan fingerprint density at radius 1 is 1.35 bits per heavy atom. The van der Waals surface area contributed by atoms with Crippen LogP contribution in [0.1, 0.15) is 0 Å². The maximum atomic E-state index is 14.0. The van der Waals surface area contributed by atoms with Crippen LogP contribution in [-0.2, 0) is 6.54 Å². The second kappa shape index (κ2) is 6.05. The molecule has 3 rings (SSSR count). The SMILES string of the molecule is N/C=C\C=C(/N)Cn1c(-c2nsnc2N)nc2c(F)cccc21. The zero-order valence-electron chi connectivity index (χ0n) is 12.0. The van der Waals surface area contributed by atoms with Crippen LogP contribution < -0.4 is 17.2 Å². The van der Waals surface area contributed by atoms with Crippen molar-refractivity contribution in [3.63, 3.8) is 0 Å². The summed E-state index contributed by atoms with van der Waals surface area (Å²) in [6.07, 6.45) is 4.66. The Bertz CT molecular complexity index is 909. The van der Waals surface area contributed by atoms with E-state index in [1.54, 1.807) is 28.9 Å². The highest BCUT2D eigenvalue weighted by Gasteiger charge is 2.19. The molecular weight excluding hydrogens is 317 g/mol. The maximum absolute atomic E-state index is 14.0. The molecule has 1 aromatic carbocycles. The van der Waals surface area contributed by atoms with Crippen molar-refractivity contribution in [2.24, 2.45) is 11.5 Å². The van der Waals surface area contributed by atoms with Crippen LogP contribution in [0, 0.1) is 5.82 Å². The molecule has 3 aromatic rings. The number of para-hydroxylation sites is 1. The van der Waals surface area contributed by atoms with Crippen molar-refractivity contribution in [1.82, 2.24) is 18.3 Å². The fourth-order valence-corrected chi connectivity index (χ4v) is 2.69. The molecule has 0 aliphatic heterocycles. The van der Waals surface area contributed by atoms with Gasteiger partial charge in [0.25, 0.3) is 0 Å². The van der Waals surface area contributed by atoms with Crippen molar-refractivity contribution in [2.45, 2.75) is 6.54 Å². The molecule has 0 atom stereocenters. The van der Waals surface area contributed by atoms with Crippen molar-refractivity contribution in [1.29, 1.82) is 0 Å². The Labute approximate surface area is 135 Å². The number of rotatable bonds is 4. The van der Waals surface area contributed by atoms with E-state index < -0.39 is 5.82 Å². The number of hydrogen-bond donors (Lipinski definition) is 3. The van der Waals surface area contributed by atoms with E-state index >= 15 is 0 Å². The molecular formula is C14H14FN7S. The van der Waals surface area contributed by atoms with Gasteiger partial charge in [0.1, 0.15) is 5.52 Å². The molecule has 0 radical (unpaired) electrons. The molecule has 2 heterocycles. The number of anilines is 1. The topological polar surface area (TPSA) is 122 Å². The van der Waals surface area contributed by atoms with Crippen LogP contribution in [0.3, 0.4) is 0 Å². The highest BCUT2D eigenvalue weighted by Crippen LogP contribution is 2.29. The Morgan fingerprint density at radius 3 is 2.87 bits per heavy atom. The lowest BCUT2D eigenvalue weighted by molar-refractivity contribution is 0.637. The number of hydrogen-bond acceptors (Lipinski definition) is 7. The van der Waals surface area contributed by atoms with Crippen molar-refractivity contribution in [2.75, 3.05) is 5.73 Å². The molecule has 2 aromatic heterocycles. The number of nitrogens with zero attached hydrogens (tertiary/aromatic N) is 4. The third-order valence-electron chi connectivity index (χ3n) is 3.22. The molecule has 0 bridgehead atoms. The van der Waals surface area contributed by atoms with Gasteiger partial charge in [0.15, 0.2) is 23.2 Å². The van der Waals surface area contributed by atoms with E-state index in [1.807, 2.05) is 0 Å². The molecule has 0 fully saturated rings. The van der Waals surface area contributed by atoms with Crippen LogP contribution in [0.5, 0.6) is 0 Å². The average Bonchev–Trinajstić information content (AvgIpc) is 3.10. The van der Waals surface area contributed by atoms with Gasteiger partial charge in [-0.25, -0.2) is 9.37 Å². The zero-order valence-corrected chi connectivity index (χ0v) is 12.8. The molecule has 0 aliphatic rings. The number of imidazole rings is 1. The first kappa shape index (κ1) is 15.0. The summed E-state index contributed by atoms with van der Waals surface area (Å²) < 4.78 is 23.9. The summed E-state index contributed by atoms with van der Waals surface area (Å²) in [4.78, 5) is 4.34. The fourth-order valence-electron chi connectivity index (χ4n) is 2.22. The van der Waals surface area contributed by atoms with Gasteiger partial charge in [-0.05, 0) is 30.5 Å². The summed E-state index contributed by atoms with van der Waals surface area (Å²) in [5, 5.41) is 0. The first-order valence-electron chi connectivity index (χ1n) is 6.68. The van der Waals surface area contributed by atoms with Gasteiger partial charge in [0.2, 0.25) is 0 Å². The summed E-state index contributed by atoms with van der Waals surface area (Å²) in [6, 6.07) is 4.72. The molecule has 0 saturated carbocycles. The molecule has 0 unspecified atom stereocenters. The van der Waals surface area contributed by atoms with E-state index in [9.17, 15) is 4.39 Å². The smallest absolute Gasteiger partial charge is 0.168 e. The van der Waals surface area contributed by atoms with Crippen LogP contribution in [0.4, 0.5) is 10.2 Å². The lowest BCUT2D eigenvalue weighted by atomic mass is 10.3. The largest absolute Gasteiger partial charge is 0.405 e. The number of nitrogens with two attached hydrogens (primary N) is 3. The van der Waals surface area contributed by atoms with E-state index in [0.29, 0.717) is 22.7 Å². The molecule has 7 nitrogen and oxygen atoms in total. The third-order valence-corrected chi connectivity index (χ3v) is 3.76. The summed E-state index contributed by atoms with van der Waals surface area (Å²) in [6.45, 7) is 0.288. The van der Waals surface area contributed by atoms with Gasteiger partial charge in [-0.1, -0.05) is 6.07 Å². The standard InChI is InChI=1S/C14H14FN7S/c15-9-4-1-5-10-11(9)19-14(12-13(18)21-23-20-12)22(10)7-8(17)3-2-6-16/h1-6H,7,16-17H2,(H2,18,21)/b6-2-,8-3-. The number of benzene rings is 1. The summed E-state index contributed by atoms with van der Waals surface area (Å²) >= 11 is 0.971. The van der Waals surface area contributed by atoms with Gasteiger partial charge in [0.05, 0.1) is 23.8 Å². The van der Waals surface area contributed by atoms with Gasteiger partial charge in [-0.3, -0.25) is 0 Å². The van der Waals surface area contributed by atoms with Crippen molar-refractivity contribution in [3.05, 3.63) is 48.1 Å². The number of aromatic nitrogens is 4. The van der Waals surface area contributed by atoms with Crippen molar-refractivity contribution in [3.8, 4) is 11.5 Å². The molecule has 0 spiro atoms. The average molecular weight is 331 g/mol. The highest BCUT2D eigenvalue weighted by molar-refractivity contribution is 6.99. The molecule has 9 heteroatoms. The summed E-state index contributed by atoms with van der Waals surface area (Å²) in [5.74, 6) is 0.245. The van der Waals surface area contributed by atoms with E-state index in [0.717, 1.165) is 11.7 Å². The van der Waals surface area contributed by atoms with E-state index in [2.05, 4.69) is 13.7 Å². The predicted molar refractivity (Wildman–Crippen MR) is 88.6 cm³/mol. The quantitative estimate of drug-likeness (QED) is 0.624. The number of allylic oxidation sites excluding steroid dienone is 3. The molecule has 6 N–H and O–H groups in total. The molecule has 0 amide bonds. The van der Waals surface area contributed by atoms with Gasteiger partial charge in [-0.2, -0.15) is 8.75 Å². The lowest BCUT2D eigenvalue weighted by Gasteiger charge is -2.08. The number of nitrogen functional groups attached to an aromatic ring is 1. The van der Waals surface area contributed by atoms with Gasteiger partial charge < -0.3 is 21.8 Å². The van der Waals surface area contributed by atoms with Crippen LogP contribution in [0.2, 0.25) is 0 Å². The van der Waals surface area contributed by atoms with E-state index in [-0.39, 0.29) is 17.9 Å². The zero-order chi connectivity index (χ0) is 16.4.